The van der Waals surface area contributed by atoms with Gasteiger partial charge in [-0.2, -0.15) is 0 Å². The van der Waals surface area contributed by atoms with E-state index in [0.29, 0.717) is 0 Å². The molecule has 27 heavy (non-hydrogen) atoms. The molecule has 6 heteroatoms. The highest BCUT2D eigenvalue weighted by molar-refractivity contribution is 5.79. The van der Waals surface area contributed by atoms with Gasteiger partial charge >= 0.3 is 0 Å². The van der Waals surface area contributed by atoms with Crippen LogP contribution >= 0.6 is 0 Å². The number of hydrogen-bond donors (Lipinski definition) is 2. The summed E-state index contributed by atoms with van der Waals surface area (Å²) in [6.45, 7) is 16.5. The van der Waals surface area contributed by atoms with Gasteiger partial charge in [-0.15, -0.1) is 0 Å². The minimum atomic E-state index is 0.765. The molecule has 0 aromatic carbocycles. The maximum Gasteiger partial charge on any atom is 0.190 e. The first-order chi connectivity index (χ1) is 13.2. The van der Waals surface area contributed by atoms with Gasteiger partial charge in [0.1, 0.15) is 0 Å². The number of guanidine groups is 1. The Morgan fingerprint density at radius 3 is 2.26 bits per heavy atom. The van der Waals surface area contributed by atoms with Crippen molar-refractivity contribution < 1.29 is 0 Å². The summed E-state index contributed by atoms with van der Waals surface area (Å²) in [4.78, 5) is 12.2. The number of hydrogen-bond acceptors (Lipinski definition) is 4. The fourth-order valence-electron chi connectivity index (χ4n) is 4.20. The Balaban J connectivity index is 1.45. The number of likely N-dealkylation sites (tertiary alicyclic amines) is 1. The minimum Gasteiger partial charge on any atom is -0.356 e. The third-order valence-corrected chi connectivity index (χ3v) is 6.18. The first-order valence-corrected chi connectivity index (χ1v) is 11.4. The molecule has 0 aliphatic carbocycles. The van der Waals surface area contributed by atoms with Crippen LogP contribution in [0, 0.1) is 0 Å². The molecule has 0 spiro atoms. The van der Waals surface area contributed by atoms with E-state index < -0.39 is 0 Å². The number of likely N-dealkylation sites (N-methyl/N-ethyl adjacent to an activating group) is 1. The lowest BCUT2D eigenvalue weighted by Gasteiger charge is -2.34. The van der Waals surface area contributed by atoms with Crippen LogP contribution < -0.4 is 10.6 Å². The van der Waals surface area contributed by atoms with Gasteiger partial charge in [-0.05, 0) is 58.7 Å². The Kier molecular flexibility index (Phi) is 11.1. The number of piperazine rings is 1. The van der Waals surface area contributed by atoms with Crippen LogP contribution in [0.3, 0.4) is 0 Å². The summed E-state index contributed by atoms with van der Waals surface area (Å²) in [7, 11) is 1.87. The van der Waals surface area contributed by atoms with E-state index in [4.69, 9.17) is 0 Å². The average Bonchev–Trinajstić information content (AvgIpc) is 2.71. The molecule has 2 aliphatic heterocycles. The maximum absolute atomic E-state index is 4.36. The van der Waals surface area contributed by atoms with Gasteiger partial charge in [-0.1, -0.05) is 13.3 Å². The first-order valence-electron chi connectivity index (χ1n) is 11.4. The SMILES string of the molecule is CCN1CCN(CCCCNC(=NC)NCCCN2CCCCC2C)CC1. The van der Waals surface area contributed by atoms with Crippen LogP contribution in [0.2, 0.25) is 0 Å². The van der Waals surface area contributed by atoms with E-state index in [1.54, 1.807) is 0 Å². The zero-order valence-electron chi connectivity index (χ0n) is 18.2. The third kappa shape index (κ3) is 8.79. The molecule has 2 N–H and O–H groups in total. The van der Waals surface area contributed by atoms with E-state index >= 15 is 0 Å². The van der Waals surface area contributed by atoms with Crippen LogP contribution in [-0.2, 0) is 0 Å². The normalized spacial score (nSPS) is 23.5. The van der Waals surface area contributed by atoms with Gasteiger partial charge in [0.05, 0.1) is 0 Å². The topological polar surface area (TPSA) is 46.1 Å². The van der Waals surface area contributed by atoms with Crippen LogP contribution in [0.1, 0.15) is 52.4 Å². The standard InChI is InChI=1S/C21H44N6/c1-4-25-16-18-26(19-17-25)13-8-6-11-23-21(22-3)24-12-9-15-27-14-7-5-10-20(27)2/h20H,4-19H2,1-3H3,(H2,22,23,24). The van der Waals surface area contributed by atoms with E-state index in [2.05, 4.69) is 44.2 Å². The quantitative estimate of drug-likeness (QED) is 0.344. The molecule has 0 aromatic heterocycles. The molecule has 2 fully saturated rings. The molecular weight excluding hydrogens is 336 g/mol. The van der Waals surface area contributed by atoms with Crippen molar-refractivity contribution in [3.8, 4) is 0 Å². The summed E-state index contributed by atoms with van der Waals surface area (Å²) in [6.07, 6.45) is 7.80. The highest BCUT2D eigenvalue weighted by Gasteiger charge is 2.17. The number of unbranched alkanes of at least 4 members (excludes halogenated alkanes) is 1. The Morgan fingerprint density at radius 2 is 1.59 bits per heavy atom. The molecule has 0 saturated carbocycles. The Bertz CT molecular complexity index is 405. The fourth-order valence-corrected chi connectivity index (χ4v) is 4.20. The van der Waals surface area contributed by atoms with Gasteiger partial charge in [0.15, 0.2) is 5.96 Å². The molecule has 0 bridgehead atoms. The summed E-state index contributed by atoms with van der Waals surface area (Å²) >= 11 is 0. The Morgan fingerprint density at radius 1 is 0.889 bits per heavy atom. The predicted octanol–water partition coefficient (Wildman–Crippen LogP) is 1.83. The molecule has 1 unspecified atom stereocenters. The fraction of sp³-hybridized carbons (Fsp3) is 0.952. The molecule has 2 saturated heterocycles. The van der Waals surface area contributed by atoms with Gasteiger partial charge < -0.3 is 25.3 Å². The van der Waals surface area contributed by atoms with Crippen molar-refractivity contribution in [2.24, 2.45) is 4.99 Å². The van der Waals surface area contributed by atoms with Crippen LogP contribution in [0.15, 0.2) is 4.99 Å². The van der Waals surface area contributed by atoms with Gasteiger partial charge in [-0.3, -0.25) is 4.99 Å². The number of aliphatic imine (C=N–C) groups is 1. The zero-order valence-corrected chi connectivity index (χ0v) is 18.2. The van der Waals surface area contributed by atoms with E-state index in [1.807, 2.05) is 7.05 Å². The average molecular weight is 381 g/mol. The van der Waals surface area contributed by atoms with Crippen molar-refractivity contribution in [3.05, 3.63) is 0 Å². The van der Waals surface area contributed by atoms with Crippen LogP contribution in [0.25, 0.3) is 0 Å². The number of nitrogens with one attached hydrogen (secondary N) is 2. The van der Waals surface area contributed by atoms with Crippen LogP contribution in [0.5, 0.6) is 0 Å². The third-order valence-electron chi connectivity index (χ3n) is 6.18. The summed E-state index contributed by atoms with van der Waals surface area (Å²) < 4.78 is 0. The first kappa shape index (κ1) is 22.4. The second-order valence-electron chi connectivity index (χ2n) is 8.14. The smallest absolute Gasteiger partial charge is 0.190 e. The highest BCUT2D eigenvalue weighted by Crippen LogP contribution is 2.16. The Labute approximate surface area is 167 Å². The van der Waals surface area contributed by atoms with Crippen LogP contribution in [0.4, 0.5) is 0 Å². The van der Waals surface area contributed by atoms with Crippen LogP contribution in [-0.4, -0.2) is 99.2 Å². The molecular formula is C21H44N6. The monoisotopic (exact) mass is 380 g/mol. The maximum atomic E-state index is 4.36. The summed E-state index contributed by atoms with van der Waals surface area (Å²) in [6, 6.07) is 0.765. The lowest BCUT2D eigenvalue weighted by molar-refractivity contribution is 0.136. The van der Waals surface area contributed by atoms with Gasteiger partial charge in [-0.25, -0.2) is 0 Å². The molecule has 2 heterocycles. The number of rotatable bonds is 10. The van der Waals surface area contributed by atoms with Crippen molar-refractivity contribution >= 4 is 5.96 Å². The van der Waals surface area contributed by atoms with E-state index in [1.165, 1.54) is 90.9 Å². The molecule has 1 atom stereocenters. The van der Waals surface area contributed by atoms with Crippen molar-refractivity contribution in [1.29, 1.82) is 0 Å². The molecule has 6 nitrogen and oxygen atoms in total. The molecule has 2 rings (SSSR count). The zero-order chi connectivity index (χ0) is 19.3. The lowest BCUT2D eigenvalue weighted by Crippen LogP contribution is -2.46. The van der Waals surface area contributed by atoms with Crippen molar-refractivity contribution in [2.75, 3.05) is 72.5 Å². The molecule has 158 valence electrons. The van der Waals surface area contributed by atoms with Crippen molar-refractivity contribution in [2.45, 2.75) is 58.4 Å². The predicted molar refractivity (Wildman–Crippen MR) is 117 cm³/mol. The molecule has 0 radical (unpaired) electrons. The molecule has 0 amide bonds. The summed E-state index contributed by atoms with van der Waals surface area (Å²) in [5, 5.41) is 6.94. The highest BCUT2D eigenvalue weighted by atomic mass is 15.3. The van der Waals surface area contributed by atoms with E-state index in [0.717, 1.165) is 25.1 Å². The number of piperidine rings is 1. The van der Waals surface area contributed by atoms with E-state index in [-0.39, 0.29) is 0 Å². The lowest BCUT2D eigenvalue weighted by atomic mass is 10.0. The molecule has 0 aromatic rings. The van der Waals surface area contributed by atoms with Gasteiger partial charge in [0.25, 0.3) is 0 Å². The number of nitrogens with zero attached hydrogens (tertiary/aromatic N) is 4. The van der Waals surface area contributed by atoms with Gasteiger partial charge in [0.2, 0.25) is 0 Å². The van der Waals surface area contributed by atoms with Crippen molar-refractivity contribution in [1.82, 2.24) is 25.3 Å². The van der Waals surface area contributed by atoms with Gasteiger partial charge in [0, 0.05) is 58.9 Å². The molecule has 2 aliphatic rings. The minimum absolute atomic E-state index is 0.765. The second-order valence-corrected chi connectivity index (χ2v) is 8.14. The Hall–Kier alpha value is -0.850. The summed E-state index contributed by atoms with van der Waals surface area (Å²) in [5.41, 5.74) is 0. The second kappa shape index (κ2) is 13.3. The van der Waals surface area contributed by atoms with E-state index in [9.17, 15) is 0 Å². The van der Waals surface area contributed by atoms with Crippen molar-refractivity contribution in [3.63, 3.8) is 0 Å². The summed E-state index contributed by atoms with van der Waals surface area (Å²) in [5.74, 6) is 0.957. The largest absolute Gasteiger partial charge is 0.356 e.